The summed E-state index contributed by atoms with van der Waals surface area (Å²) in [6.07, 6.45) is -8.92. The van der Waals surface area contributed by atoms with Crippen LogP contribution in [0.1, 0.15) is 24.6 Å². The van der Waals surface area contributed by atoms with E-state index in [4.69, 9.17) is 0 Å². The number of aryl methyl sites for hydroxylation is 1. The highest BCUT2D eigenvalue weighted by atomic mass is 19.4. The topological polar surface area (TPSA) is 27.1 Å². The lowest BCUT2D eigenvalue weighted by Gasteiger charge is -2.11. The van der Waals surface area contributed by atoms with Crippen molar-refractivity contribution in [3.63, 3.8) is 0 Å². The monoisotopic (exact) mass is 290 g/mol. The molecule has 0 atom stereocenters. The van der Waals surface area contributed by atoms with Gasteiger partial charge >= 0.3 is 12.4 Å². The fourth-order valence-corrected chi connectivity index (χ4v) is 1.50. The highest BCUT2D eigenvalue weighted by Gasteiger charge is 2.39. The van der Waals surface area contributed by atoms with Gasteiger partial charge in [-0.05, 0) is 13.3 Å². The van der Waals surface area contributed by atoms with Gasteiger partial charge in [0.15, 0.2) is 12.3 Å². The second-order valence-corrected chi connectivity index (χ2v) is 3.90. The lowest BCUT2D eigenvalue weighted by Crippen LogP contribution is -2.21. The van der Waals surface area contributed by atoms with E-state index in [0.717, 1.165) is 11.6 Å². The van der Waals surface area contributed by atoms with Crippen molar-refractivity contribution in [1.29, 1.82) is 0 Å². The minimum Gasteiger partial charge on any atom is -0.468 e. The van der Waals surface area contributed by atoms with Gasteiger partial charge in [0.2, 0.25) is 5.88 Å². The minimum absolute atomic E-state index is 0.0457. The van der Waals surface area contributed by atoms with Gasteiger partial charge in [-0.25, -0.2) is 4.68 Å². The molecule has 3 nitrogen and oxygen atoms in total. The van der Waals surface area contributed by atoms with Crippen molar-refractivity contribution in [2.24, 2.45) is 0 Å². The molecule has 1 rings (SSSR count). The molecule has 0 aliphatic rings. The Morgan fingerprint density at radius 1 is 1.16 bits per heavy atom. The maximum absolute atomic E-state index is 12.6. The first-order valence-corrected chi connectivity index (χ1v) is 5.40. The summed E-state index contributed by atoms with van der Waals surface area (Å²) in [4.78, 5) is 0. The molecule has 9 heteroatoms. The van der Waals surface area contributed by atoms with E-state index in [1.54, 1.807) is 6.92 Å². The van der Waals surface area contributed by atoms with Crippen molar-refractivity contribution >= 4 is 0 Å². The van der Waals surface area contributed by atoms with Gasteiger partial charge in [0, 0.05) is 12.1 Å². The lowest BCUT2D eigenvalue weighted by atomic mass is 10.2. The Balaban J connectivity index is 3.10. The fourth-order valence-electron chi connectivity index (χ4n) is 1.50. The van der Waals surface area contributed by atoms with Crippen LogP contribution < -0.4 is 4.74 Å². The molecular formula is C10H12F6N2O. The predicted molar refractivity (Wildman–Crippen MR) is 53.8 cm³/mol. The van der Waals surface area contributed by atoms with Gasteiger partial charge in [-0.2, -0.15) is 31.4 Å². The van der Waals surface area contributed by atoms with Crippen LogP contribution in [0.25, 0.3) is 0 Å². The molecule has 19 heavy (non-hydrogen) atoms. The molecule has 0 fully saturated rings. The Morgan fingerprint density at radius 3 is 2.16 bits per heavy atom. The molecule has 1 aromatic heterocycles. The Kier molecular flexibility index (Phi) is 4.36. The third-order valence-electron chi connectivity index (χ3n) is 2.21. The molecule has 0 radical (unpaired) electrons. The van der Waals surface area contributed by atoms with Crippen molar-refractivity contribution in [2.75, 3.05) is 6.61 Å². The number of aromatic nitrogens is 2. The summed E-state index contributed by atoms with van der Waals surface area (Å²) in [5.74, 6) is -0.494. The second kappa shape index (κ2) is 5.30. The molecular weight excluding hydrogens is 278 g/mol. The summed E-state index contributed by atoms with van der Waals surface area (Å²) in [5, 5.41) is 3.27. The molecule has 0 unspecified atom stereocenters. The molecule has 0 aliphatic heterocycles. The lowest BCUT2D eigenvalue weighted by molar-refractivity contribution is -0.154. The minimum atomic E-state index is -4.72. The normalized spacial score (nSPS) is 12.8. The molecule has 0 amide bonds. The van der Waals surface area contributed by atoms with Gasteiger partial charge in [-0.15, -0.1) is 0 Å². The molecule has 0 N–H and O–H groups in total. The van der Waals surface area contributed by atoms with Gasteiger partial charge in [-0.3, -0.25) is 0 Å². The Hall–Kier alpha value is -1.41. The summed E-state index contributed by atoms with van der Waals surface area (Å²) in [6, 6.07) is 0. The smallest absolute Gasteiger partial charge is 0.435 e. The van der Waals surface area contributed by atoms with Crippen LogP contribution in [0.5, 0.6) is 5.88 Å². The molecule has 0 aliphatic carbocycles. The number of hydrogen-bond acceptors (Lipinski definition) is 2. The van der Waals surface area contributed by atoms with Gasteiger partial charge in [-0.1, -0.05) is 6.92 Å². The zero-order chi connectivity index (χ0) is 14.8. The van der Waals surface area contributed by atoms with E-state index in [1.807, 2.05) is 0 Å². The fraction of sp³-hybridized carbons (Fsp3) is 0.700. The van der Waals surface area contributed by atoms with Crippen LogP contribution in [0.2, 0.25) is 0 Å². The molecule has 0 saturated heterocycles. The molecule has 1 aromatic rings. The van der Waals surface area contributed by atoms with E-state index in [9.17, 15) is 26.3 Å². The zero-order valence-electron chi connectivity index (χ0n) is 10.2. The van der Waals surface area contributed by atoms with Crippen LogP contribution in [0.15, 0.2) is 0 Å². The number of halogens is 6. The quantitative estimate of drug-likeness (QED) is 0.793. The number of nitrogens with zero attached hydrogens (tertiary/aromatic N) is 2. The summed E-state index contributed by atoms with van der Waals surface area (Å²) < 4.78 is 79.2. The van der Waals surface area contributed by atoms with Crippen molar-refractivity contribution in [3.8, 4) is 5.88 Å². The molecule has 0 spiro atoms. The summed E-state index contributed by atoms with van der Waals surface area (Å²) in [7, 11) is 0. The average Bonchev–Trinajstić information content (AvgIpc) is 2.52. The zero-order valence-corrected chi connectivity index (χ0v) is 10.2. The van der Waals surface area contributed by atoms with Gasteiger partial charge < -0.3 is 4.74 Å². The van der Waals surface area contributed by atoms with Gasteiger partial charge in [0.05, 0.1) is 0 Å². The number of hydrogen-bond donors (Lipinski definition) is 0. The van der Waals surface area contributed by atoms with Crippen LogP contribution in [-0.2, 0) is 12.7 Å². The first-order chi connectivity index (χ1) is 8.56. The van der Waals surface area contributed by atoms with Crippen molar-refractivity contribution in [1.82, 2.24) is 9.78 Å². The van der Waals surface area contributed by atoms with Crippen LogP contribution in [0.3, 0.4) is 0 Å². The molecule has 110 valence electrons. The third kappa shape index (κ3) is 4.03. The first-order valence-electron chi connectivity index (χ1n) is 5.40. The van der Waals surface area contributed by atoms with E-state index in [1.165, 1.54) is 0 Å². The van der Waals surface area contributed by atoms with Crippen LogP contribution in [0.4, 0.5) is 26.3 Å². The predicted octanol–water partition coefficient (Wildman–Crippen LogP) is 3.56. The summed E-state index contributed by atoms with van der Waals surface area (Å²) in [6.45, 7) is 1.09. The standard InChI is InChI=1S/C10H12F6N2O/c1-3-4-18-8(19-5-9(11,12)13)6(2)7(17-18)10(14,15)16/h3-5H2,1-2H3. The highest BCUT2D eigenvalue weighted by molar-refractivity contribution is 5.32. The Bertz CT molecular complexity index is 434. The Morgan fingerprint density at radius 2 is 1.74 bits per heavy atom. The number of rotatable bonds is 4. The van der Waals surface area contributed by atoms with E-state index < -0.39 is 36.1 Å². The van der Waals surface area contributed by atoms with Crippen molar-refractivity contribution in [2.45, 2.75) is 39.2 Å². The van der Waals surface area contributed by atoms with E-state index >= 15 is 0 Å². The third-order valence-corrected chi connectivity index (χ3v) is 2.21. The highest BCUT2D eigenvalue weighted by Crippen LogP contribution is 2.35. The number of ether oxygens (including phenoxy) is 1. The van der Waals surface area contributed by atoms with Crippen molar-refractivity contribution < 1.29 is 31.1 Å². The number of alkyl halides is 6. The Labute approximate surface area is 105 Å². The largest absolute Gasteiger partial charge is 0.468 e. The maximum atomic E-state index is 12.6. The first kappa shape index (κ1) is 15.6. The molecule has 0 saturated carbocycles. The van der Waals surface area contributed by atoms with Gasteiger partial charge in [0.25, 0.3) is 0 Å². The summed E-state index contributed by atoms with van der Waals surface area (Å²) >= 11 is 0. The average molecular weight is 290 g/mol. The van der Waals surface area contributed by atoms with Crippen LogP contribution in [0, 0.1) is 6.92 Å². The van der Waals surface area contributed by atoms with Crippen LogP contribution >= 0.6 is 0 Å². The summed E-state index contributed by atoms with van der Waals surface area (Å²) in [5.41, 5.74) is -1.66. The van der Waals surface area contributed by atoms with Gasteiger partial charge in [0.1, 0.15) is 0 Å². The van der Waals surface area contributed by atoms with E-state index in [0.29, 0.717) is 6.42 Å². The van der Waals surface area contributed by atoms with Crippen molar-refractivity contribution in [3.05, 3.63) is 11.3 Å². The van der Waals surface area contributed by atoms with E-state index in [-0.39, 0.29) is 6.54 Å². The molecule has 0 bridgehead atoms. The SMILES string of the molecule is CCCn1nc(C(F)(F)F)c(C)c1OCC(F)(F)F. The second-order valence-electron chi connectivity index (χ2n) is 3.90. The van der Waals surface area contributed by atoms with Crippen LogP contribution in [-0.4, -0.2) is 22.6 Å². The van der Waals surface area contributed by atoms with E-state index in [2.05, 4.69) is 9.84 Å². The molecule has 0 aromatic carbocycles. The maximum Gasteiger partial charge on any atom is 0.435 e. The molecule has 1 heterocycles.